The third-order valence-corrected chi connectivity index (χ3v) is 5.16. The summed E-state index contributed by atoms with van der Waals surface area (Å²) in [5.41, 5.74) is 7.78. The number of primary amides is 1. The molecule has 29 heavy (non-hydrogen) atoms. The maximum absolute atomic E-state index is 13.1. The van der Waals surface area contributed by atoms with Gasteiger partial charge in [0, 0.05) is 18.3 Å². The highest BCUT2D eigenvalue weighted by molar-refractivity contribution is 6.12. The van der Waals surface area contributed by atoms with E-state index in [1.54, 1.807) is 20.0 Å². The first kappa shape index (κ1) is 22.3. The lowest BCUT2D eigenvalue weighted by atomic mass is 9.82. The summed E-state index contributed by atoms with van der Waals surface area (Å²) < 4.78 is 0. The lowest BCUT2D eigenvalue weighted by Gasteiger charge is -2.27. The first-order valence-corrected chi connectivity index (χ1v) is 9.79. The summed E-state index contributed by atoms with van der Waals surface area (Å²) in [5, 5.41) is 2.74. The van der Waals surface area contributed by atoms with Gasteiger partial charge in [-0.2, -0.15) is 0 Å². The summed E-state index contributed by atoms with van der Waals surface area (Å²) in [6.07, 6.45) is 1.28. The maximum Gasteiger partial charge on any atom is 0.272 e. The molecule has 0 spiro atoms. The standard InChI is InChI=1S/C22H30N4O3/c1-6-9-16(19(23)27)17(12-13(2)3)21(28)25-20-22(29)26(5)18-11-8-7-10-15(18)14(4)24-20/h6-8,10-11,13,16-17,20H,1,9,12H2,2-5H3,(H2,23,27)(H,25,28). The van der Waals surface area contributed by atoms with E-state index in [1.165, 1.54) is 4.90 Å². The number of nitrogens with one attached hydrogen (secondary N) is 1. The number of carbonyl (C=O) groups is 3. The Hall–Kier alpha value is -2.96. The molecule has 7 nitrogen and oxygen atoms in total. The van der Waals surface area contributed by atoms with Gasteiger partial charge in [-0.25, -0.2) is 0 Å². The van der Waals surface area contributed by atoms with Crippen LogP contribution in [0.25, 0.3) is 0 Å². The molecule has 156 valence electrons. The fourth-order valence-corrected chi connectivity index (χ4v) is 3.65. The monoisotopic (exact) mass is 398 g/mol. The molecule has 0 saturated heterocycles. The number of allylic oxidation sites excluding steroid dienone is 1. The zero-order valence-electron chi connectivity index (χ0n) is 17.5. The van der Waals surface area contributed by atoms with Crippen LogP contribution in [0.1, 0.15) is 39.2 Å². The molecule has 0 fully saturated rings. The Morgan fingerprint density at radius 3 is 2.55 bits per heavy atom. The average molecular weight is 399 g/mol. The number of para-hydroxylation sites is 1. The molecule has 0 bridgehead atoms. The number of anilines is 1. The highest BCUT2D eigenvalue weighted by Crippen LogP contribution is 2.27. The predicted octanol–water partition coefficient (Wildman–Crippen LogP) is 2.25. The molecule has 3 N–H and O–H groups in total. The Morgan fingerprint density at radius 1 is 1.31 bits per heavy atom. The number of fused-ring (bicyclic) bond motifs is 1. The molecule has 2 rings (SSSR count). The van der Waals surface area contributed by atoms with E-state index in [0.717, 1.165) is 11.3 Å². The molecule has 0 saturated carbocycles. The zero-order chi connectivity index (χ0) is 21.7. The van der Waals surface area contributed by atoms with Crippen LogP contribution in [0.2, 0.25) is 0 Å². The highest BCUT2D eigenvalue weighted by Gasteiger charge is 2.36. The van der Waals surface area contributed by atoms with Gasteiger partial charge in [-0.15, -0.1) is 6.58 Å². The van der Waals surface area contributed by atoms with Gasteiger partial charge < -0.3 is 16.0 Å². The zero-order valence-corrected chi connectivity index (χ0v) is 17.5. The number of rotatable bonds is 8. The van der Waals surface area contributed by atoms with Gasteiger partial charge in [0.2, 0.25) is 18.0 Å². The first-order valence-electron chi connectivity index (χ1n) is 9.79. The number of benzodiazepines with no additional fused rings is 1. The van der Waals surface area contributed by atoms with Crippen LogP contribution in [-0.4, -0.2) is 36.6 Å². The smallest absolute Gasteiger partial charge is 0.272 e. The van der Waals surface area contributed by atoms with Crippen molar-refractivity contribution in [2.75, 3.05) is 11.9 Å². The van der Waals surface area contributed by atoms with Crippen LogP contribution in [0.3, 0.4) is 0 Å². The average Bonchev–Trinajstić information content (AvgIpc) is 2.75. The van der Waals surface area contributed by atoms with Gasteiger partial charge in [0.25, 0.3) is 5.91 Å². The first-order chi connectivity index (χ1) is 13.7. The van der Waals surface area contributed by atoms with Crippen LogP contribution >= 0.6 is 0 Å². The van der Waals surface area contributed by atoms with Gasteiger partial charge in [0.1, 0.15) is 0 Å². The lowest BCUT2D eigenvalue weighted by molar-refractivity contribution is -0.135. The number of hydrogen-bond acceptors (Lipinski definition) is 4. The van der Waals surface area contributed by atoms with E-state index in [2.05, 4.69) is 16.9 Å². The molecule has 0 aliphatic carbocycles. The summed E-state index contributed by atoms with van der Waals surface area (Å²) in [4.78, 5) is 44.0. The molecular weight excluding hydrogens is 368 g/mol. The van der Waals surface area contributed by atoms with Gasteiger partial charge in [-0.1, -0.05) is 38.1 Å². The van der Waals surface area contributed by atoms with Crippen molar-refractivity contribution in [3.05, 3.63) is 42.5 Å². The number of hydrogen-bond donors (Lipinski definition) is 2. The Balaban J connectivity index is 2.33. The second-order valence-corrected chi connectivity index (χ2v) is 7.81. The van der Waals surface area contributed by atoms with Crippen LogP contribution in [-0.2, 0) is 14.4 Å². The van der Waals surface area contributed by atoms with Gasteiger partial charge in [-0.3, -0.25) is 19.4 Å². The minimum absolute atomic E-state index is 0.166. The van der Waals surface area contributed by atoms with E-state index < -0.39 is 29.8 Å². The van der Waals surface area contributed by atoms with Crippen LogP contribution < -0.4 is 16.0 Å². The van der Waals surface area contributed by atoms with E-state index in [1.807, 2.05) is 38.1 Å². The summed E-state index contributed by atoms with van der Waals surface area (Å²) in [7, 11) is 1.66. The van der Waals surface area contributed by atoms with Crippen molar-refractivity contribution in [2.24, 2.45) is 28.5 Å². The van der Waals surface area contributed by atoms with Crippen LogP contribution in [0.15, 0.2) is 41.9 Å². The molecule has 1 aliphatic rings. The third-order valence-electron chi connectivity index (χ3n) is 5.16. The molecular formula is C22H30N4O3. The number of likely N-dealkylation sites (N-methyl/N-ethyl adjacent to an activating group) is 1. The summed E-state index contributed by atoms with van der Waals surface area (Å²) >= 11 is 0. The molecule has 7 heteroatoms. The quantitative estimate of drug-likeness (QED) is 0.656. The SMILES string of the molecule is C=CCC(C(N)=O)C(CC(C)C)C(=O)NC1N=C(C)c2ccccc2N(C)C1=O. The van der Waals surface area contributed by atoms with E-state index in [0.29, 0.717) is 18.6 Å². The Morgan fingerprint density at radius 2 is 1.97 bits per heavy atom. The van der Waals surface area contributed by atoms with Gasteiger partial charge in [0.15, 0.2) is 0 Å². The van der Waals surface area contributed by atoms with Crippen LogP contribution in [0, 0.1) is 17.8 Å². The Bertz CT molecular complexity index is 831. The van der Waals surface area contributed by atoms with E-state index in [-0.39, 0.29) is 11.8 Å². The molecule has 3 unspecified atom stereocenters. The number of carbonyl (C=O) groups excluding carboxylic acids is 3. The minimum atomic E-state index is -1.06. The Kier molecular flexibility index (Phi) is 7.31. The van der Waals surface area contributed by atoms with Crippen molar-refractivity contribution in [1.82, 2.24) is 5.32 Å². The fraction of sp³-hybridized carbons (Fsp3) is 0.455. The lowest BCUT2D eigenvalue weighted by Crippen LogP contribution is -2.50. The minimum Gasteiger partial charge on any atom is -0.369 e. The molecule has 1 aliphatic heterocycles. The largest absolute Gasteiger partial charge is 0.369 e. The molecule has 1 aromatic rings. The molecule has 0 aromatic heterocycles. The normalized spacial score (nSPS) is 18.4. The second kappa shape index (κ2) is 9.49. The molecule has 3 amide bonds. The van der Waals surface area contributed by atoms with Crippen molar-refractivity contribution >= 4 is 29.1 Å². The predicted molar refractivity (Wildman–Crippen MR) is 114 cm³/mol. The molecule has 1 heterocycles. The second-order valence-electron chi connectivity index (χ2n) is 7.81. The summed E-state index contributed by atoms with van der Waals surface area (Å²) in [5.74, 6) is -2.48. The van der Waals surface area contributed by atoms with Crippen LogP contribution in [0.5, 0.6) is 0 Å². The van der Waals surface area contributed by atoms with E-state index >= 15 is 0 Å². The maximum atomic E-state index is 13.1. The van der Waals surface area contributed by atoms with Crippen molar-refractivity contribution < 1.29 is 14.4 Å². The highest BCUT2D eigenvalue weighted by atomic mass is 16.2. The van der Waals surface area contributed by atoms with E-state index in [9.17, 15) is 14.4 Å². The summed E-state index contributed by atoms with van der Waals surface area (Å²) in [6, 6.07) is 7.45. The number of amides is 3. The number of nitrogens with two attached hydrogens (primary N) is 1. The summed E-state index contributed by atoms with van der Waals surface area (Å²) in [6.45, 7) is 9.41. The number of aliphatic imine (C=N–C) groups is 1. The molecule has 1 aromatic carbocycles. The van der Waals surface area contributed by atoms with Crippen molar-refractivity contribution in [1.29, 1.82) is 0 Å². The van der Waals surface area contributed by atoms with Crippen molar-refractivity contribution in [3.63, 3.8) is 0 Å². The molecule has 3 atom stereocenters. The van der Waals surface area contributed by atoms with Gasteiger partial charge in [0.05, 0.1) is 17.5 Å². The topological polar surface area (TPSA) is 105 Å². The molecule has 0 radical (unpaired) electrons. The van der Waals surface area contributed by atoms with Gasteiger partial charge in [-0.05, 0) is 31.7 Å². The van der Waals surface area contributed by atoms with Crippen LogP contribution in [0.4, 0.5) is 5.69 Å². The van der Waals surface area contributed by atoms with E-state index in [4.69, 9.17) is 5.73 Å². The van der Waals surface area contributed by atoms with Gasteiger partial charge >= 0.3 is 0 Å². The van der Waals surface area contributed by atoms with Crippen molar-refractivity contribution in [2.45, 2.75) is 39.8 Å². The van der Waals surface area contributed by atoms with Crippen molar-refractivity contribution in [3.8, 4) is 0 Å². The Labute approximate surface area is 172 Å². The number of benzene rings is 1. The number of nitrogens with zero attached hydrogens (tertiary/aromatic N) is 2. The fourth-order valence-electron chi connectivity index (χ4n) is 3.65. The third kappa shape index (κ3) is 5.10.